The molecule has 98 valence electrons. The van der Waals surface area contributed by atoms with Gasteiger partial charge in [0.15, 0.2) is 0 Å². The van der Waals surface area contributed by atoms with E-state index in [4.69, 9.17) is 4.74 Å². The SMILES string of the molecule is COc1ccc2c(CCNC(C)(C)C)csc2c1. The molecule has 1 heterocycles. The third-order valence-corrected chi connectivity index (χ3v) is 3.91. The normalized spacial score (nSPS) is 12.0. The van der Waals surface area contributed by atoms with E-state index in [-0.39, 0.29) is 5.54 Å². The third-order valence-electron chi connectivity index (χ3n) is 2.91. The lowest BCUT2D eigenvalue weighted by Crippen LogP contribution is -2.37. The fourth-order valence-corrected chi connectivity index (χ4v) is 2.98. The van der Waals surface area contributed by atoms with Crippen LogP contribution >= 0.6 is 11.3 Å². The molecule has 1 aromatic heterocycles. The summed E-state index contributed by atoms with van der Waals surface area (Å²) in [6, 6.07) is 6.31. The van der Waals surface area contributed by atoms with Crippen molar-refractivity contribution >= 4 is 21.4 Å². The minimum absolute atomic E-state index is 0.190. The molecule has 0 spiro atoms. The van der Waals surface area contributed by atoms with Crippen molar-refractivity contribution in [3.63, 3.8) is 0 Å². The Hall–Kier alpha value is -1.06. The summed E-state index contributed by atoms with van der Waals surface area (Å²) in [5, 5.41) is 7.14. The Labute approximate surface area is 113 Å². The van der Waals surface area contributed by atoms with Gasteiger partial charge in [-0.3, -0.25) is 0 Å². The van der Waals surface area contributed by atoms with Crippen molar-refractivity contribution in [1.82, 2.24) is 5.32 Å². The molecule has 0 amide bonds. The predicted octanol–water partition coefficient (Wildman–Crippen LogP) is 3.84. The highest BCUT2D eigenvalue weighted by atomic mass is 32.1. The summed E-state index contributed by atoms with van der Waals surface area (Å²) < 4.78 is 6.56. The Bertz CT molecular complexity index is 525. The quantitative estimate of drug-likeness (QED) is 0.905. The molecule has 0 aliphatic carbocycles. The number of hydrogen-bond acceptors (Lipinski definition) is 3. The molecule has 0 saturated carbocycles. The average molecular weight is 263 g/mol. The van der Waals surface area contributed by atoms with E-state index in [2.05, 4.69) is 43.6 Å². The second-order valence-electron chi connectivity index (χ2n) is 5.55. The van der Waals surface area contributed by atoms with Gasteiger partial charge in [0.1, 0.15) is 5.75 Å². The lowest BCUT2D eigenvalue weighted by molar-refractivity contribution is 0.415. The maximum atomic E-state index is 5.25. The molecule has 0 aliphatic rings. The van der Waals surface area contributed by atoms with E-state index in [1.54, 1.807) is 18.4 Å². The number of benzene rings is 1. The second-order valence-corrected chi connectivity index (χ2v) is 6.46. The van der Waals surface area contributed by atoms with E-state index in [0.29, 0.717) is 0 Å². The molecule has 1 aromatic carbocycles. The van der Waals surface area contributed by atoms with Gasteiger partial charge in [-0.25, -0.2) is 0 Å². The first-order chi connectivity index (χ1) is 8.49. The number of thiophene rings is 1. The highest BCUT2D eigenvalue weighted by Gasteiger charge is 2.09. The number of ether oxygens (including phenoxy) is 1. The van der Waals surface area contributed by atoms with Crippen molar-refractivity contribution in [3.05, 3.63) is 29.1 Å². The van der Waals surface area contributed by atoms with Crippen LogP contribution in [0.1, 0.15) is 26.3 Å². The van der Waals surface area contributed by atoms with Crippen LogP contribution in [0.15, 0.2) is 23.6 Å². The molecule has 0 atom stereocenters. The number of methoxy groups -OCH3 is 1. The van der Waals surface area contributed by atoms with Gasteiger partial charge in [0.2, 0.25) is 0 Å². The molecule has 0 fully saturated rings. The van der Waals surface area contributed by atoms with Crippen LogP contribution in [-0.4, -0.2) is 19.2 Å². The standard InChI is InChI=1S/C15H21NOS/c1-15(2,3)16-8-7-11-10-18-14-9-12(17-4)5-6-13(11)14/h5-6,9-10,16H,7-8H2,1-4H3. The molecule has 2 aromatic rings. The van der Waals surface area contributed by atoms with Crippen molar-refractivity contribution in [2.45, 2.75) is 32.7 Å². The molecule has 0 saturated heterocycles. The second kappa shape index (κ2) is 5.29. The smallest absolute Gasteiger partial charge is 0.120 e. The molecule has 18 heavy (non-hydrogen) atoms. The number of hydrogen-bond donors (Lipinski definition) is 1. The molecule has 0 aliphatic heterocycles. The molecular formula is C15H21NOS. The zero-order valence-corrected chi connectivity index (χ0v) is 12.4. The maximum absolute atomic E-state index is 5.25. The first-order valence-corrected chi connectivity index (χ1v) is 7.17. The summed E-state index contributed by atoms with van der Waals surface area (Å²) in [4.78, 5) is 0. The molecular weight excluding hydrogens is 242 g/mol. The summed E-state index contributed by atoms with van der Waals surface area (Å²) in [7, 11) is 1.71. The first-order valence-electron chi connectivity index (χ1n) is 6.29. The van der Waals surface area contributed by atoms with Crippen LogP contribution in [0.4, 0.5) is 0 Å². The fraction of sp³-hybridized carbons (Fsp3) is 0.467. The van der Waals surface area contributed by atoms with Crippen molar-refractivity contribution in [3.8, 4) is 5.75 Å². The van der Waals surface area contributed by atoms with E-state index in [9.17, 15) is 0 Å². The Kier molecular flexibility index (Phi) is 3.93. The van der Waals surface area contributed by atoms with Crippen LogP contribution in [0.2, 0.25) is 0 Å². The summed E-state index contributed by atoms with van der Waals surface area (Å²) in [6.45, 7) is 7.61. The van der Waals surface area contributed by atoms with Crippen molar-refractivity contribution in [1.29, 1.82) is 0 Å². The molecule has 0 bridgehead atoms. The van der Waals surface area contributed by atoms with Gasteiger partial charge in [-0.05, 0) is 68.3 Å². The minimum Gasteiger partial charge on any atom is -0.497 e. The molecule has 2 nitrogen and oxygen atoms in total. The lowest BCUT2D eigenvalue weighted by Gasteiger charge is -2.20. The predicted molar refractivity (Wildman–Crippen MR) is 79.8 cm³/mol. The van der Waals surface area contributed by atoms with Gasteiger partial charge >= 0.3 is 0 Å². The molecule has 1 N–H and O–H groups in total. The van der Waals surface area contributed by atoms with E-state index in [1.807, 2.05) is 6.07 Å². The highest BCUT2D eigenvalue weighted by Crippen LogP contribution is 2.29. The Balaban J connectivity index is 2.10. The Morgan fingerprint density at radius 3 is 2.72 bits per heavy atom. The number of nitrogens with one attached hydrogen (secondary N) is 1. The zero-order valence-electron chi connectivity index (χ0n) is 11.5. The van der Waals surface area contributed by atoms with E-state index in [1.165, 1.54) is 15.6 Å². The number of fused-ring (bicyclic) bond motifs is 1. The van der Waals surface area contributed by atoms with Gasteiger partial charge in [0, 0.05) is 10.2 Å². The van der Waals surface area contributed by atoms with Crippen molar-refractivity contribution < 1.29 is 4.74 Å². The fourth-order valence-electron chi connectivity index (χ4n) is 1.96. The third kappa shape index (κ3) is 3.24. The van der Waals surface area contributed by atoms with Crippen LogP contribution in [0.3, 0.4) is 0 Å². The summed E-state index contributed by atoms with van der Waals surface area (Å²) in [6.07, 6.45) is 1.07. The van der Waals surface area contributed by atoms with Gasteiger partial charge in [-0.1, -0.05) is 0 Å². The summed E-state index contributed by atoms with van der Waals surface area (Å²) >= 11 is 1.79. The zero-order chi connectivity index (χ0) is 13.2. The van der Waals surface area contributed by atoms with E-state index >= 15 is 0 Å². The van der Waals surface area contributed by atoms with Crippen LogP contribution in [0, 0.1) is 0 Å². The van der Waals surface area contributed by atoms with E-state index < -0.39 is 0 Å². The molecule has 0 unspecified atom stereocenters. The van der Waals surface area contributed by atoms with Gasteiger partial charge in [-0.2, -0.15) is 0 Å². The Morgan fingerprint density at radius 1 is 1.28 bits per heavy atom. The van der Waals surface area contributed by atoms with Crippen LogP contribution in [0.5, 0.6) is 5.75 Å². The van der Waals surface area contributed by atoms with Gasteiger partial charge in [0.05, 0.1) is 7.11 Å². The monoisotopic (exact) mass is 263 g/mol. The summed E-state index contributed by atoms with van der Waals surface area (Å²) in [5.41, 5.74) is 1.61. The summed E-state index contributed by atoms with van der Waals surface area (Å²) in [5.74, 6) is 0.934. The minimum atomic E-state index is 0.190. The van der Waals surface area contributed by atoms with Crippen LogP contribution < -0.4 is 10.1 Å². The maximum Gasteiger partial charge on any atom is 0.120 e. The lowest BCUT2D eigenvalue weighted by atomic mass is 10.1. The van der Waals surface area contributed by atoms with Crippen LogP contribution in [-0.2, 0) is 6.42 Å². The van der Waals surface area contributed by atoms with Crippen LogP contribution in [0.25, 0.3) is 10.1 Å². The van der Waals surface area contributed by atoms with Gasteiger partial charge in [0.25, 0.3) is 0 Å². The average Bonchev–Trinajstić information content (AvgIpc) is 2.70. The van der Waals surface area contributed by atoms with Crippen molar-refractivity contribution in [2.75, 3.05) is 13.7 Å². The van der Waals surface area contributed by atoms with Crippen molar-refractivity contribution in [2.24, 2.45) is 0 Å². The largest absolute Gasteiger partial charge is 0.497 e. The highest BCUT2D eigenvalue weighted by molar-refractivity contribution is 7.17. The topological polar surface area (TPSA) is 21.3 Å². The van der Waals surface area contributed by atoms with E-state index in [0.717, 1.165) is 18.7 Å². The molecule has 0 radical (unpaired) electrons. The Morgan fingerprint density at radius 2 is 2.06 bits per heavy atom. The number of rotatable bonds is 4. The van der Waals surface area contributed by atoms with Gasteiger partial charge in [-0.15, -0.1) is 11.3 Å². The van der Waals surface area contributed by atoms with Gasteiger partial charge < -0.3 is 10.1 Å². The first kappa shape index (κ1) is 13.4. The molecule has 2 rings (SSSR count). The molecule has 3 heteroatoms.